The van der Waals surface area contributed by atoms with Gasteiger partial charge in [0.25, 0.3) is 0 Å². The zero-order valence-electron chi connectivity index (χ0n) is 9.57. The number of sulfonamides is 1. The highest BCUT2D eigenvalue weighted by Crippen LogP contribution is 2.06. The van der Waals surface area contributed by atoms with Gasteiger partial charge in [-0.25, -0.2) is 13.1 Å². The quantitative estimate of drug-likeness (QED) is 0.606. The van der Waals surface area contributed by atoms with Gasteiger partial charge in [0.1, 0.15) is 0 Å². The molecule has 16 heavy (non-hydrogen) atoms. The summed E-state index contributed by atoms with van der Waals surface area (Å²) in [6, 6.07) is 0.0952. The molecule has 1 fully saturated rings. The molecular formula is C9H20N2O3S2. The SMILES string of the molecule is CS(=O)CCCNS(=O)(=O)CC1CCCN1. The molecule has 1 saturated heterocycles. The molecule has 0 spiro atoms. The minimum Gasteiger partial charge on any atom is -0.313 e. The van der Waals surface area contributed by atoms with Crippen LogP contribution in [0.25, 0.3) is 0 Å². The Bertz CT molecular complexity index is 324. The molecule has 0 radical (unpaired) electrons. The van der Waals surface area contributed by atoms with E-state index >= 15 is 0 Å². The summed E-state index contributed by atoms with van der Waals surface area (Å²) in [5.41, 5.74) is 0. The van der Waals surface area contributed by atoms with Crippen LogP contribution in [-0.2, 0) is 20.8 Å². The maximum Gasteiger partial charge on any atom is 0.213 e. The summed E-state index contributed by atoms with van der Waals surface area (Å²) in [5.74, 6) is 0.701. The Hall–Kier alpha value is 0.0200. The summed E-state index contributed by atoms with van der Waals surface area (Å²) in [6.45, 7) is 1.30. The molecule has 2 N–H and O–H groups in total. The van der Waals surface area contributed by atoms with E-state index < -0.39 is 20.8 Å². The monoisotopic (exact) mass is 268 g/mol. The molecule has 2 unspecified atom stereocenters. The maximum atomic E-state index is 11.6. The van der Waals surface area contributed by atoms with Crippen molar-refractivity contribution in [2.24, 2.45) is 0 Å². The fraction of sp³-hybridized carbons (Fsp3) is 1.00. The Morgan fingerprint density at radius 2 is 2.25 bits per heavy atom. The summed E-state index contributed by atoms with van der Waals surface area (Å²) in [7, 11) is -4.02. The molecule has 96 valence electrons. The van der Waals surface area contributed by atoms with Crippen LogP contribution < -0.4 is 10.0 Å². The van der Waals surface area contributed by atoms with Crippen LogP contribution in [0.4, 0.5) is 0 Å². The van der Waals surface area contributed by atoms with Gasteiger partial charge in [-0.2, -0.15) is 0 Å². The average Bonchev–Trinajstić information content (AvgIpc) is 2.64. The van der Waals surface area contributed by atoms with Crippen molar-refractivity contribution in [3.05, 3.63) is 0 Å². The Morgan fingerprint density at radius 1 is 1.50 bits per heavy atom. The van der Waals surface area contributed by atoms with E-state index in [1.807, 2.05) is 0 Å². The fourth-order valence-corrected chi connectivity index (χ4v) is 3.66. The third kappa shape index (κ3) is 5.93. The first-order chi connectivity index (χ1) is 7.49. The van der Waals surface area contributed by atoms with Crippen molar-refractivity contribution in [1.82, 2.24) is 10.0 Å². The lowest BCUT2D eigenvalue weighted by Gasteiger charge is -2.11. The fourth-order valence-electron chi connectivity index (χ4n) is 1.73. The first-order valence-electron chi connectivity index (χ1n) is 5.50. The average molecular weight is 268 g/mol. The Morgan fingerprint density at radius 3 is 2.81 bits per heavy atom. The normalized spacial score (nSPS) is 23.4. The van der Waals surface area contributed by atoms with Crippen LogP contribution in [0.15, 0.2) is 0 Å². The van der Waals surface area contributed by atoms with Gasteiger partial charge in [0, 0.05) is 35.4 Å². The maximum absolute atomic E-state index is 11.6. The number of rotatable bonds is 7. The summed E-state index contributed by atoms with van der Waals surface area (Å²) >= 11 is 0. The second-order valence-corrected chi connectivity index (χ2v) is 7.51. The van der Waals surface area contributed by atoms with Crippen molar-refractivity contribution >= 4 is 20.8 Å². The predicted octanol–water partition coefficient (Wildman–Crippen LogP) is -0.574. The van der Waals surface area contributed by atoms with Crippen molar-refractivity contribution in [3.8, 4) is 0 Å². The van der Waals surface area contributed by atoms with Crippen molar-refractivity contribution in [2.45, 2.75) is 25.3 Å². The topological polar surface area (TPSA) is 75.3 Å². The molecule has 0 bridgehead atoms. The predicted molar refractivity (Wildman–Crippen MR) is 66.4 cm³/mol. The molecular weight excluding hydrogens is 248 g/mol. The molecule has 0 aromatic rings. The molecule has 1 aliphatic heterocycles. The summed E-state index contributed by atoms with van der Waals surface area (Å²) in [6.07, 6.45) is 4.23. The molecule has 0 amide bonds. The number of hydrogen-bond donors (Lipinski definition) is 2. The standard InChI is InChI=1S/C9H20N2O3S2/c1-15(12)7-3-6-11-16(13,14)8-9-4-2-5-10-9/h9-11H,2-8H2,1H3. The highest BCUT2D eigenvalue weighted by Gasteiger charge is 2.21. The highest BCUT2D eigenvalue weighted by atomic mass is 32.2. The molecule has 5 nitrogen and oxygen atoms in total. The van der Waals surface area contributed by atoms with Gasteiger partial charge in [0.05, 0.1) is 5.75 Å². The van der Waals surface area contributed by atoms with E-state index in [0.29, 0.717) is 18.7 Å². The zero-order valence-corrected chi connectivity index (χ0v) is 11.2. The van der Waals surface area contributed by atoms with Crippen LogP contribution in [0, 0.1) is 0 Å². The third-order valence-electron chi connectivity index (χ3n) is 2.51. The van der Waals surface area contributed by atoms with Crippen molar-refractivity contribution in [3.63, 3.8) is 0 Å². The number of nitrogens with one attached hydrogen (secondary N) is 2. The van der Waals surface area contributed by atoms with Crippen molar-refractivity contribution in [2.75, 3.05) is 30.9 Å². The molecule has 2 atom stereocenters. The summed E-state index contributed by atoms with van der Waals surface area (Å²) in [4.78, 5) is 0. The van der Waals surface area contributed by atoms with Crippen LogP contribution in [0.3, 0.4) is 0 Å². The van der Waals surface area contributed by atoms with E-state index in [4.69, 9.17) is 0 Å². The lowest BCUT2D eigenvalue weighted by atomic mass is 10.3. The molecule has 1 heterocycles. The van der Waals surface area contributed by atoms with Gasteiger partial charge in [-0.3, -0.25) is 4.21 Å². The van der Waals surface area contributed by atoms with Gasteiger partial charge in [-0.05, 0) is 25.8 Å². The lowest BCUT2D eigenvalue weighted by molar-refractivity contribution is 0.563. The largest absolute Gasteiger partial charge is 0.313 e. The molecule has 7 heteroatoms. The molecule has 0 aliphatic carbocycles. The smallest absolute Gasteiger partial charge is 0.213 e. The second-order valence-electron chi connectivity index (χ2n) is 4.10. The van der Waals surface area contributed by atoms with Gasteiger partial charge < -0.3 is 5.32 Å². The van der Waals surface area contributed by atoms with E-state index in [2.05, 4.69) is 10.0 Å². The van der Waals surface area contributed by atoms with E-state index in [9.17, 15) is 12.6 Å². The summed E-state index contributed by atoms with van der Waals surface area (Å²) < 4.78 is 36.5. The van der Waals surface area contributed by atoms with Crippen LogP contribution in [0.2, 0.25) is 0 Å². The second kappa shape index (κ2) is 6.68. The van der Waals surface area contributed by atoms with Crippen LogP contribution in [0.1, 0.15) is 19.3 Å². The number of hydrogen-bond acceptors (Lipinski definition) is 4. The highest BCUT2D eigenvalue weighted by molar-refractivity contribution is 7.89. The van der Waals surface area contributed by atoms with E-state index in [-0.39, 0.29) is 11.8 Å². The lowest BCUT2D eigenvalue weighted by Crippen LogP contribution is -2.37. The zero-order chi connectivity index (χ0) is 12.0. The van der Waals surface area contributed by atoms with Gasteiger partial charge >= 0.3 is 0 Å². The minimum atomic E-state index is -3.17. The molecule has 0 saturated carbocycles. The first kappa shape index (κ1) is 14.1. The first-order valence-corrected chi connectivity index (χ1v) is 8.88. The molecule has 1 aliphatic rings. The van der Waals surface area contributed by atoms with Gasteiger partial charge in [0.2, 0.25) is 10.0 Å². The molecule has 0 aromatic heterocycles. The van der Waals surface area contributed by atoms with Gasteiger partial charge in [0.15, 0.2) is 0 Å². The van der Waals surface area contributed by atoms with E-state index in [1.54, 1.807) is 6.26 Å². The Balaban J connectivity index is 2.20. The van der Waals surface area contributed by atoms with E-state index in [1.165, 1.54) is 0 Å². The van der Waals surface area contributed by atoms with Gasteiger partial charge in [-0.15, -0.1) is 0 Å². The van der Waals surface area contributed by atoms with Crippen LogP contribution in [-0.4, -0.2) is 49.5 Å². The minimum absolute atomic E-state index is 0.0952. The van der Waals surface area contributed by atoms with Crippen LogP contribution >= 0.6 is 0 Å². The Kier molecular flexibility index (Phi) is 5.88. The third-order valence-corrected chi connectivity index (χ3v) is 4.86. The van der Waals surface area contributed by atoms with Crippen molar-refractivity contribution < 1.29 is 12.6 Å². The summed E-state index contributed by atoms with van der Waals surface area (Å²) in [5, 5.41) is 3.15. The van der Waals surface area contributed by atoms with Gasteiger partial charge in [-0.1, -0.05) is 0 Å². The Labute approximate surface area is 99.9 Å². The van der Waals surface area contributed by atoms with Crippen molar-refractivity contribution in [1.29, 1.82) is 0 Å². The molecule has 0 aromatic carbocycles. The van der Waals surface area contributed by atoms with Crippen LogP contribution in [0.5, 0.6) is 0 Å². The van der Waals surface area contributed by atoms with E-state index in [0.717, 1.165) is 19.4 Å². The molecule has 1 rings (SSSR count).